The van der Waals surface area contributed by atoms with Crippen molar-refractivity contribution in [3.05, 3.63) is 35.6 Å². The molecule has 1 fully saturated rings. The quantitative estimate of drug-likeness (QED) is 0.708. The summed E-state index contributed by atoms with van der Waals surface area (Å²) in [5.74, 6) is 1.17. The molecule has 25 heavy (non-hydrogen) atoms. The zero-order valence-corrected chi connectivity index (χ0v) is 15.1. The summed E-state index contributed by atoms with van der Waals surface area (Å²) < 4.78 is 34.5. The molecule has 1 aliphatic heterocycles. The minimum absolute atomic E-state index is 0.00940. The molecule has 0 aliphatic carbocycles. The third kappa shape index (κ3) is 2.46. The van der Waals surface area contributed by atoms with Crippen molar-refractivity contribution in [2.75, 3.05) is 13.1 Å². The summed E-state index contributed by atoms with van der Waals surface area (Å²) in [7, 11) is -3.62. The Balaban J connectivity index is 1.69. The van der Waals surface area contributed by atoms with Gasteiger partial charge in [0.05, 0.1) is 6.04 Å². The van der Waals surface area contributed by atoms with Crippen LogP contribution in [0.25, 0.3) is 11.2 Å². The van der Waals surface area contributed by atoms with Crippen molar-refractivity contribution < 1.29 is 12.9 Å². The van der Waals surface area contributed by atoms with E-state index in [0.717, 1.165) is 17.0 Å². The van der Waals surface area contributed by atoms with Crippen LogP contribution >= 0.6 is 0 Å². The first-order valence-corrected chi connectivity index (χ1v) is 9.56. The largest absolute Gasteiger partial charge is 0.360 e. The van der Waals surface area contributed by atoms with Gasteiger partial charge in [0, 0.05) is 19.3 Å². The molecule has 1 saturated heterocycles. The number of aromatic nitrogens is 4. The smallest absolute Gasteiger partial charge is 0.248 e. The van der Waals surface area contributed by atoms with Crippen molar-refractivity contribution in [3.63, 3.8) is 0 Å². The Bertz CT molecular complexity index is 1030. The third-order valence-electron chi connectivity index (χ3n) is 4.68. The fraction of sp³-hybridized carbons (Fsp3) is 0.438. The van der Waals surface area contributed by atoms with Gasteiger partial charge < -0.3 is 9.09 Å². The van der Waals surface area contributed by atoms with E-state index in [2.05, 4.69) is 15.1 Å². The van der Waals surface area contributed by atoms with Crippen molar-refractivity contribution in [1.29, 1.82) is 0 Å². The monoisotopic (exact) mass is 361 g/mol. The molecule has 132 valence electrons. The Morgan fingerprint density at radius 1 is 1.28 bits per heavy atom. The van der Waals surface area contributed by atoms with Gasteiger partial charge in [-0.1, -0.05) is 5.16 Å². The molecule has 4 heterocycles. The van der Waals surface area contributed by atoms with E-state index in [1.54, 1.807) is 20.0 Å². The normalized spacial score (nSPS) is 19.1. The highest BCUT2D eigenvalue weighted by atomic mass is 32.2. The Kier molecular flexibility index (Phi) is 3.66. The van der Waals surface area contributed by atoms with Gasteiger partial charge in [-0.25, -0.2) is 18.4 Å². The number of aryl methyl sites for hydroxylation is 3. The molecule has 0 amide bonds. The number of pyridine rings is 1. The molecule has 0 spiro atoms. The first-order valence-electron chi connectivity index (χ1n) is 8.12. The molecule has 1 atom stereocenters. The molecule has 1 aliphatic rings. The summed E-state index contributed by atoms with van der Waals surface area (Å²) >= 11 is 0. The fourth-order valence-corrected chi connectivity index (χ4v) is 5.38. The molecule has 3 aromatic heterocycles. The van der Waals surface area contributed by atoms with E-state index in [4.69, 9.17) is 4.52 Å². The highest BCUT2D eigenvalue weighted by molar-refractivity contribution is 7.89. The number of imidazole rings is 1. The summed E-state index contributed by atoms with van der Waals surface area (Å²) in [6, 6.07) is 3.77. The van der Waals surface area contributed by atoms with E-state index >= 15 is 0 Å². The molecule has 8 nitrogen and oxygen atoms in total. The molecular weight excluding hydrogens is 342 g/mol. The molecule has 0 N–H and O–H groups in total. The highest BCUT2D eigenvalue weighted by Gasteiger charge is 2.37. The molecule has 0 bridgehead atoms. The summed E-state index contributed by atoms with van der Waals surface area (Å²) in [4.78, 5) is 9.13. The fourth-order valence-electron chi connectivity index (χ4n) is 3.59. The third-order valence-corrected chi connectivity index (χ3v) is 6.79. The minimum atomic E-state index is -3.62. The van der Waals surface area contributed by atoms with Crippen LogP contribution in [0.3, 0.4) is 0 Å². The van der Waals surface area contributed by atoms with E-state index < -0.39 is 10.0 Å². The second-order valence-corrected chi connectivity index (χ2v) is 8.21. The predicted octanol–water partition coefficient (Wildman–Crippen LogP) is 1.98. The molecule has 9 heteroatoms. The second kappa shape index (κ2) is 5.63. The van der Waals surface area contributed by atoms with E-state index in [0.29, 0.717) is 31.0 Å². The molecule has 0 radical (unpaired) electrons. The van der Waals surface area contributed by atoms with Crippen LogP contribution in [0.15, 0.2) is 27.7 Å². The number of nitrogens with zero attached hydrogens (tertiary/aromatic N) is 5. The van der Waals surface area contributed by atoms with Crippen LogP contribution in [0, 0.1) is 20.8 Å². The number of hydrogen-bond acceptors (Lipinski definition) is 6. The lowest BCUT2D eigenvalue weighted by Crippen LogP contribution is -2.30. The van der Waals surface area contributed by atoms with Crippen LogP contribution in [-0.2, 0) is 10.0 Å². The van der Waals surface area contributed by atoms with Crippen molar-refractivity contribution in [3.8, 4) is 0 Å². The topological polar surface area (TPSA) is 94.1 Å². The maximum absolute atomic E-state index is 13.0. The number of sulfonamides is 1. The van der Waals surface area contributed by atoms with Crippen LogP contribution in [0.1, 0.15) is 29.7 Å². The minimum Gasteiger partial charge on any atom is -0.360 e. The van der Waals surface area contributed by atoms with Crippen LogP contribution in [-0.4, -0.2) is 45.5 Å². The van der Waals surface area contributed by atoms with Gasteiger partial charge in [0.15, 0.2) is 11.4 Å². The average molecular weight is 361 g/mol. The highest BCUT2D eigenvalue weighted by Crippen LogP contribution is 2.32. The van der Waals surface area contributed by atoms with Crippen LogP contribution < -0.4 is 0 Å². The number of hydrogen-bond donors (Lipinski definition) is 0. The van der Waals surface area contributed by atoms with E-state index in [1.807, 2.05) is 23.6 Å². The second-order valence-electron chi connectivity index (χ2n) is 6.33. The van der Waals surface area contributed by atoms with Gasteiger partial charge in [-0.15, -0.1) is 0 Å². The van der Waals surface area contributed by atoms with E-state index in [-0.39, 0.29) is 10.9 Å². The standard InChI is InChI=1S/C16H19N5O3S/c1-10-15(11(2)24-19-10)25(22,23)20-8-6-13(9-20)21-12(3)18-14-5-4-7-17-16(14)21/h4-5,7,13H,6,8-9H2,1-3H3/t13-/m0/s1. The van der Waals surface area contributed by atoms with Gasteiger partial charge in [0.25, 0.3) is 0 Å². The molecule has 0 unspecified atom stereocenters. The lowest BCUT2D eigenvalue weighted by atomic mass is 10.2. The lowest BCUT2D eigenvalue weighted by Gasteiger charge is -2.18. The van der Waals surface area contributed by atoms with Crippen molar-refractivity contribution >= 4 is 21.2 Å². The molecule has 0 saturated carbocycles. The molecule has 0 aromatic carbocycles. The van der Waals surface area contributed by atoms with Gasteiger partial charge in [-0.2, -0.15) is 4.31 Å². The van der Waals surface area contributed by atoms with Crippen molar-refractivity contribution in [2.45, 2.75) is 38.1 Å². The lowest BCUT2D eigenvalue weighted by molar-refractivity contribution is 0.389. The van der Waals surface area contributed by atoms with Gasteiger partial charge in [0.1, 0.15) is 21.9 Å². The van der Waals surface area contributed by atoms with Crippen LogP contribution in [0.5, 0.6) is 0 Å². The Morgan fingerprint density at radius 3 is 2.80 bits per heavy atom. The zero-order chi connectivity index (χ0) is 17.8. The average Bonchev–Trinajstić information content (AvgIpc) is 3.24. The maximum Gasteiger partial charge on any atom is 0.248 e. The zero-order valence-electron chi connectivity index (χ0n) is 14.3. The summed E-state index contributed by atoms with van der Waals surface area (Å²) in [5, 5.41) is 3.77. The molecule has 4 rings (SSSR count). The maximum atomic E-state index is 13.0. The van der Waals surface area contributed by atoms with Crippen LogP contribution in [0.2, 0.25) is 0 Å². The predicted molar refractivity (Wildman–Crippen MR) is 90.7 cm³/mol. The van der Waals surface area contributed by atoms with Crippen molar-refractivity contribution in [2.24, 2.45) is 0 Å². The van der Waals surface area contributed by atoms with Gasteiger partial charge >= 0.3 is 0 Å². The van der Waals surface area contributed by atoms with Gasteiger partial charge in [-0.05, 0) is 39.3 Å². The van der Waals surface area contributed by atoms with E-state index in [1.165, 1.54) is 4.31 Å². The summed E-state index contributed by atoms with van der Waals surface area (Å²) in [6.45, 7) is 6.03. The van der Waals surface area contributed by atoms with E-state index in [9.17, 15) is 8.42 Å². The SMILES string of the molecule is Cc1noc(C)c1S(=O)(=O)N1CC[C@H](n2c(C)nc3cccnc32)C1. The molecule has 3 aromatic rings. The Labute approximate surface area is 145 Å². The summed E-state index contributed by atoms with van der Waals surface area (Å²) in [6.07, 6.45) is 2.44. The summed E-state index contributed by atoms with van der Waals surface area (Å²) in [5.41, 5.74) is 2.01. The molecular formula is C16H19N5O3S. The Morgan fingerprint density at radius 2 is 2.08 bits per heavy atom. The number of rotatable bonds is 3. The van der Waals surface area contributed by atoms with Gasteiger partial charge in [-0.3, -0.25) is 0 Å². The first-order chi connectivity index (χ1) is 11.9. The first kappa shape index (κ1) is 16.2. The Hall–Kier alpha value is -2.26. The number of fused-ring (bicyclic) bond motifs is 1. The van der Waals surface area contributed by atoms with Gasteiger partial charge in [0.2, 0.25) is 10.0 Å². The van der Waals surface area contributed by atoms with Crippen molar-refractivity contribution in [1.82, 2.24) is 24.0 Å². The van der Waals surface area contributed by atoms with Crippen LogP contribution in [0.4, 0.5) is 0 Å².